The van der Waals surface area contributed by atoms with Crippen LogP contribution in [0, 0.1) is 5.92 Å². The quantitative estimate of drug-likeness (QED) is 0.673. The van der Waals surface area contributed by atoms with Gasteiger partial charge in [0.2, 0.25) is 0 Å². The molecule has 0 bridgehead atoms. The first-order valence-corrected chi connectivity index (χ1v) is 6.48. The van der Waals surface area contributed by atoms with E-state index >= 15 is 0 Å². The van der Waals surface area contributed by atoms with E-state index in [4.69, 9.17) is 5.73 Å². The molecule has 0 aromatic carbocycles. The summed E-state index contributed by atoms with van der Waals surface area (Å²) >= 11 is 0. The Hall–Kier alpha value is -0.0800. The molecule has 0 spiro atoms. The summed E-state index contributed by atoms with van der Waals surface area (Å²) in [5, 5.41) is 0. The van der Waals surface area contributed by atoms with Gasteiger partial charge in [-0.25, -0.2) is 0 Å². The van der Waals surface area contributed by atoms with E-state index < -0.39 is 0 Å². The number of nitrogens with two attached hydrogens (primary N) is 1. The van der Waals surface area contributed by atoms with Crippen LogP contribution in [0.5, 0.6) is 0 Å². The van der Waals surface area contributed by atoms with Gasteiger partial charge in [-0.15, -0.1) is 0 Å². The monoisotopic (exact) mass is 214 g/mol. The van der Waals surface area contributed by atoms with Crippen molar-refractivity contribution in [1.82, 2.24) is 4.90 Å². The van der Waals surface area contributed by atoms with Crippen molar-refractivity contribution in [1.29, 1.82) is 0 Å². The first kappa shape index (κ1) is 14.9. The van der Waals surface area contributed by atoms with E-state index in [0.717, 1.165) is 18.8 Å². The SMILES string of the molecule is CCCC(N)C(CC)N(C)CCC(C)C. The van der Waals surface area contributed by atoms with Crippen LogP contribution >= 0.6 is 0 Å². The van der Waals surface area contributed by atoms with Gasteiger partial charge in [-0.2, -0.15) is 0 Å². The fraction of sp³-hybridized carbons (Fsp3) is 1.00. The number of hydrogen-bond donors (Lipinski definition) is 1. The molecule has 2 N–H and O–H groups in total. The maximum absolute atomic E-state index is 6.20. The maximum Gasteiger partial charge on any atom is 0.0241 e. The van der Waals surface area contributed by atoms with Crippen LogP contribution in [0.4, 0.5) is 0 Å². The molecule has 0 saturated carbocycles. The molecule has 0 aromatic rings. The molecule has 0 aliphatic carbocycles. The van der Waals surface area contributed by atoms with Crippen LogP contribution in [-0.4, -0.2) is 30.6 Å². The summed E-state index contributed by atoms with van der Waals surface area (Å²) in [5.74, 6) is 0.785. The maximum atomic E-state index is 6.20. The molecule has 0 rings (SSSR count). The number of likely N-dealkylation sites (N-methyl/N-ethyl adjacent to an activating group) is 1. The lowest BCUT2D eigenvalue weighted by atomic mass is 10.00. The van der Waals surface area contributed by atoms with Gasteiger partial charge < -0.3 is 10.6 Å². The molecule has 2 nitrogen and oxygen atoms in total. The largest absolute Gasteiger partial charge is 0.326 e. The van der Waals surface area contributed by atoms with Gasteiger partial charge in [0.05, 0.1) is 0 Å². The summed E-state index contributed by atoms with van der Waals surface area (Å²) in [4.78, 5) is 2.44. The van der Waals surface area contributed by atoms with Crippen LogP contribution in [0.3, 0.4) is 0 Å². The zero-order valence-corrected chi connectivity index (χ0v) is 11.3. The predicted octanol–water partition coefficient (Wildman–Crippen LogP) is 2.87. The molecule has 0 aliphatic rings. The van der Waals surface area contributed by atoms with Crippen molar-refractivity contribution in [3.05, 3.63) is 0 Å². The van der Waals surface area contributed by atoms with Crippen molar-refractivity contribution in [2.75, 3.05) is 13.6 Å². The van der Waals surface area contributed by atoms with E-state index in [1.54, 1.807) is 0 Å². The van der Waals surface area contributed by atoms with E-state index in [1.807, 2.05) is 0 Å². The van der Waals surface area contributed by atoms with Crippen LogP contribution in [0.15, 0.2) is 0 Å². The average Bonchev–Trinajstić information content (AvgIpc) is 2.16. The van der Waals surface area contributed by atoms with Crippen molar-refractivity contribution in [2.24, 2.45) is 11.7 Å². The van der Waals surface area contributed by atoms with Crippen molar-refractivity contribution in [2.45, 2.75) is 65.5 Å². The molecule has 0 aliphatic heterocycles. The summed E-state index contributed by atoms with van der Waals surface area (Å²) in [7, 11) is 2.21. The summed E-state index contributed by atoms with van der Waals surface area (Å²) in [5.41, 5.74) is 6.20. The van der Waals surface area contributed by atoms with Crippen molar-refractivity contribution in [3.8, 4) is 0 Å². The lowest BCUT2D eigenvalue weighted by Gasteiger charge is -2.32. The smallest absolute Gasteiger partial charge is 0.0241 e. The fourth-order valence-electron chi connectivity index (χ4n) is 2.09. The summed E-state index contributed by atoms with van der Waals surface area (Å²) < 4.78 is 0. The number of rotatable bonds is 8. The van der Waals surface area contributed by atoms with Gasteiger partial charge in [0, 0.05) is 12.1 Å². The van der Waals surface area contributed by atoms with Gasteiger partial charge >= 0.3 is 0 Å². The highest BCUT2D eigenvalue weighted by Gasteiger charge is 2.19. The van der Waals surface area contributed by atoms with E-state index in [0.29, 0.717) is 12.1 Å². The first-order valence-electron chi connectivity index (χ1n) is 6.48. The lowest BCUT2D eigenvalue weighted by Crippen LogP contribution is -2.46. The second-order valence-corrected chi connectivity index (χ2v) is 5.09. The average molecular weight is 214 g/mol. The highest BCUT2D eigenvalue weighted by Crippen LogP contribution is 2.12. The molecule has 0 heterocycles. The normalized spacial score (nSPS) is 16.0. The molecule has 2 atom stereocenters. The number of nitrogens with zero attached hydrogens (tertiary/aromatic N) is 1. The molecule has 2 heteroatoms. The molecular formula is C13H30N2. The summed E-state index contributed by atoms with van der Waals surface area (Å²) in [6.45, 7) is 10.2. The van der Waals surface area contributed by atoms with Crippen LogP contribution in [0.1, 0.15) is 53.4 Å². The minimum absolute atomic E-state index is 0.345. The van der Waals surface area contributed by atoms with Crippen molar-refractivity contribution >= 4 is 0 Å². The molecule has 15 heavy (non-hydrogen) atoms. The molecule has 2 unspecified atom stereocenters. The lowest BCUT2D eigenvalue weighted by molar-refractivity contribution is 0.190. The van der Waals surface area contributed by atoms with E-state index in [1.165, 1.54) is 19.4 Å². The second-order valence-electron chi connectivity index (χ2n) is 5.09. The van der Waals surface area contributed by atoms with Crippen LogP contribution in [-0.2, 0) is 0 Å². The molecule has 0 fully saturated rings. The molecule has 0 radical (unpaired) electrons. The summed E-state index contributed by atoms with van der Waals surface area (Å²) in [6.07, 6.45) is 4.77. The van der Waals surface area contributed by atoms with Gasteiger partial charge in [-0.1, -0.05) is 34.1 Å². The molecule has 92 valence electrons. The highest BCUT2D eigenvalue weighted by atomic mass is 15.1. The Morgan fingerprint density at radius 3 is 2.13 bits per heavy atom. The van der Waals surface area contributed by atoms with Crippen LogP contribution in [0.2, 0.25) is 0 Å². The highest BCUT2D eigenvalue weighted by molar-refractivity contribution is 4.79. The molecule has 0 amide bonds. The second kappa shape index (κ2) is 8.12. The third-order valence-electron chi connectivity index (χ3n) is 3.16. The van der Waals surface area contributed by atoms with Crippen LogP contribution < -0.4 is 5.73 Å². The molecular weight excluding hydrogens is 184 g/mol. The predicted molar refractivity (Wildman–Crippen MR) is 69.0 cm³/mol. The Morgan fingerprint density at radius 2 is 1.73 bits per heavy atom. The standard InChI is InChI=1S/C13H30N2/c1-6-8-12(14)13(7-2)15(5)10-9-11(3)4/h11-13H,6-10,14H2,1-5H3. The minimum Gasteiger partial charge on any atom is -0.326 e. The van der Waals surface area contributed by atoms with E-state index in [-0.39, 0.29) is 0 Å². The molecule has 0 saturated heterocycles. The first-order chi connectivity index (χ1) is 7.02. The Labute approximate surface area is 96.2 Å². The van der Waals surface area contributed by atoms with E-state index in [2.05, 4.69) is 39.6 Å². The Morgan fingerprint density at radius 1 is 1.13 bits per heavy atom. The number of hydrogen-bond acceptors (Lipinski definition) is 2. The van der Waals surface area contributed by atoms with Gasteiger partial charge in [-0.05, 0) is 38.8 Å². The van der Waals surface area contributed by atoms with Crippen LogP contribution in [0.25, 0.3) is 0 Å². The minimum atomic E-state index is 0.345. The Kier molecular flexibility index (Phi) is 8.07. The third-order valence-corrected chi connectivity index (χ3v) is 3.16. The zero-order valence-electron chi connectivity index (χ0n) is 11.3. The van der Waals surface area contributed by atoms with E-state index in [9.17, 15) is 0 Å². The van der Waals surface area contributed by atoms with Gasteiger partial charge in [0.15, 0.2) is 0 Å². The fourth-order valence-corrected chi connectivity index (χ4v) is 2.09. The van der Waals surface area contributed by atoms with Gasteiger partial charge in [0.1, 0.15) is 0 Å². The summed E-state index contributed by atoms with van der Waals surface area (Å²) in [6, 6.07) is 0.904. The zero-order chi connectivity index (χ0) is 11.8. The van der Waals surface area contributed by atoms with Gasteiger partial charge in [-0.3, -0.25) is 0 Å². The third kappa shape index (κ3) is 6.16. The Balaban J connectivity index is 4.02. The van der Waals surface area contributed by atoms with Crippen molar-refractivity contribution < 1.29 is 0 Å². The Bertz CT molecular complexity index is 145. The van der Waals surface area contributed by atoms with Gasteiger partial charge in [0.25, 0.3) is 0 Å². The molecule has 0 aromatic heterocycles. The topological polar surface area (TPSA) is 29.3 Å². The van der Waals surface area contributed by atoms with Crippen molar-refractivity contribution in [3.63, 3.8) is 0 Å².